The Balaban J connectivity index is 2.37. The normalized spacial score (nSPS) is 12.4. The Hall–Kier alpha value is -1.19. The quantitative estimate of drug-likeness (QED) is 0.878. The van der Waals surface area contributed by atoms with Gasteiger partial charge in [0.1, 0.15) is 5.82 Å². The second-order valence-electron chi connectivity index (χ2n) is 4.23. The first-order valence-corrected chi connectivity index (χ1v) is 6.64. The van der Waals surface area contributed by atoms with Crippen LogP contribution in [0, 0.1) is 5.82 Å². The number of rotatable bonds is 3. The fourth-order valence-electron chi connectivity index (χ4n) is 1.84. The van der Waals surface area contributed by atoms with Gasteiger partial charge in [-0.05, 0) is 47.1 Å². The van der Waals surface area contributed by atoms with Crippen LogP contribution in [0.4, 0.5) is 4.39 Å². The van der Waals surface area contributed by atoms with E-state index in [1.54, 1.807) is 12.1 Å². The van der Waals surface area contributed by atoms with Gasteiger partial charge in [-0.3, -0.25) is 0 Å². The van der Waals surface area contributed by atoms with E-state index in [-0.39, 0.29) is 5.82 Å². The average Bonchev–Trinajstić information content (AvgIpc) is 2.41. The molecule has 0 radical (unpaired) electrons. The van der Waals surface area contributed by atoms with Crippen molar-refractivity contribution in [2.45, 2.75) is 13.0 Å². The highest BCUT2D eigenvalue weighted by Gasteiger charge is 2.08. The van der Waals surface area contributed by atoms with Gasteiger partial charge in [0.25, 0.3) is 0 Å². The lowest BCUT2D eigenvalue weighted by atomic mass is 10.0. The van der Waals surface area contributed by atoms with Crippen molar-refractivity contribution in [1.82, 2.24) is 5.32 Å². The summed E-state index contributed by atoms with van der Waals surface area (Å²) in [5.74, 6) is -0.216. The zero-order chi connectivity index (χ0) is 13.1. The molecule has 1 atom stereocenters. The number of halogens is 2. The van der Waals surface area contributed by atoms with E-state index in [0.29, 0.717) is 16.1 Å². The van der Waals surface area contributed by atoms with Crippen molar-refractivity contribution in [2.75, 3.05) is 7.05 Å². The molecule has 0 heterocycles. The van der Waals surface area contributed by atoms with Gasteiger partial charge in [-0.1, -0.05) is 36.4 Å². The number of benzene rings is 2. The molecule has 0 aromatic heterocycles. The van der Waals surface area contributed by atoms with E-state index in [9.17, 15) is 4.39 Å². The summed E-state index contributed by atoms with van der Waals surface area (Å²) in [5.41, 5.74) is 2.70. The van der Waals surface area contributed by atoms with E-state index in [2.05, 4.69) is 28.2 Å². The van der Waals surface area contributed by atoms with Gasteiger partial charge in [0.15, 0.2) is 0 Å². The molecule has 0 bridgehead atoms. The van der Waals surface area contributed by atoms with E-state index in [1.807, 2.05) is 37.4 Å². The summed E-state index contributed by atoms with van der Waals surface area (Å²) in [6.45, 7) is 2.09. The van der Waals surface area contributed by atoms with Crippen molar-refractivity contribution in [3.63, 3.8) is 0 Å². The Kier molecular flexibility index (Phi) is 4.15. The minimum absolute atomic E-state index is 0.216. The average molecular weight is 308 g/mol. The molecular weight excluding hydrogens is 293 g/mol. The van der Waals surface area contributed by atoms with E-state index in [1.165, 1.54) is 5.56 Å². The Morgan fingerprint density at radius 1 is 1.11 bits per heavy atom. The predicted octanol–water partition coefficient (Wildman–Crippen LogP) is 4.54. The lowest BCUT2D eigenvalue weighted by molar-refractivity contribution is 0.624. The third kappa shape index (κ3) is 2.62. The van der Waals surface area contributed by atoms with Crippen molar-refractivity contribution in [2.24, 2.45) is 0 Å². The summed E-state index contributed by atoms with van der Waals surface area (Å²) < 4.78 is 14.4. The minimum Gasteiger partial charge on any atom is -0.313 e. The molecule has 0 aliphatic carbocycles. The first-order valence-electron chi connectivity index (χ1n) is 5.85. The summed E-state index contributed by atoms with van der Waals surface area (Å²) in [4.78, 5) is 0. The highest BCUT2D eigenvalue weighted by atomic mass is 79.9. The highest BCUT2D eigenvalue weighted by Crippen LogP contribution is 2.28. The van der Waals surface area contributed by atoms with Gasteiger partial charge < -0.3 is 5.32 Å². The van der Waals surface area contributed by atoms with Gasteiger partial charge in [0.2, 0.25) is 0 Å². The molecule has 18 heavy (non-hydrogen) atoms. The van der Waals surface area contributed by atoms with Crippen LogP contribution in [0.1, 0.15) is 18.5 Å². The van der Waals surface area contributed by atoms with Crippen molar-refractivity contribution >= 4 is 15.9 Å². The highest BCUT2D eigenvalue weighted by molar-refractivity contribution is 9.10. The van der Waals surface area contributed by atoms with Gasteiger partial charge in [-0.2, -0.15) is 0 Å². The van der Waals surface area contributed by atoms with E-state index in [4.69, 9.17) is 0 Å². The molecule has 0 saturated heterocycles. The molecule has 0 aliphatic heterocycles. The summed E-state index contributed by atoms with van der Waals surface area (Å²) in [7, 11) is 1.92. The second-order valence-corrected chi connectivity index (χ2v) is 5.09. The van der Waals surface area contributed by atoms with E-state index < -0.39 is 0 Å². The van der Waals surface area contributed by atoms with Crippen molar-refractivity contribution in [3.8, 4) is 11.1 Å². The Bertz CT molecular complexity index is 537. The van der Waals surface area contributed by atoms with Crippen molar-refractivity contribution < 1.29 is 4.39 Å². The SMILES string of the molecule is CNC(C)c1ccc(-c2cccc(Br)c2F)cc1. The Morgan fingerprint density at radius 3 is 2.39 bits per heavy atom. The molecule has 0 spiro atoms. The fraction of sp³-hybridized carbons (Fsp3) is 0.200. The molecule has 94 valence electrons. The first-order chi connectivity index (χ1) is 8.63. The van der Waals surface area contributed by atoms with Gasteiger partial charge in [-0.15, -0.1) is 0 Å². The standard InChI is InChI=1S/C15H15BrFN/c1-10(18-2)11-6-8-12(9-7-11)13-4-3-5-14(16)15(13)17/h3-10,18H,1-2H3. The molecular formula is C15H15BrFN. The molecule has 2 aromatic carbocycles. The third-order valence-electron chi connectivity index (χ3n) is 3.11. The van der Waals surface area contributed by atoms with Gasteiger partial charge >= 0.3 is 0 Å². The summed E-state index contributed by atoms with van der Waals surface area (Å²) in [6, 6.07) is 13.6. The fourth-order valence-corrected chi connectivity index (χ4v) is 2.21. The van der Waals surface area contributed by atoms with Gasteiger partial charge in [0.05, 0.1) is 4.47 Å². The maximum Gasteiger partial charge on any atom is 0.145 e. The van der Waals surface area contributed by atoms with Crippen molar-refractivity contribution in [3.05, 3.63) is 58.3 Å². The maximum absolute atomic E-state index is 14.0. The second kappa shape index (κ2) is 5.63. The summed E-state index contributed by atoms with van der Waals surface area (Å²) in [6.07, 6.45) is 0. The zero-order valence-corrected chi connectivity index (χ0v) is 12.0. The van der Waals surface area contributed by atoms with Crippen LogP contribution in [0.3, 0.4) is 0 Å². The molecule has 0 aliphatic rings. The van der Waals surface area contributed by atoms with Crippen LogP contribution >= 0.6 is 15.9 Å². The summed E-state index contributed by atoms with van der Waals surface area (Å²) >= 11 is 3.21. The van der Waals surface area contributed by atoms with Crippen LogP contribution in [-0.4, -0.2) is 7.05 Å². The largest absolute Gasteiger partial charge is 0.313 e. The molecule has 0 fully saturated rings. The van der Waals surface area contributed by atoms with Crippen LogP contribution < -0.4 is 5.32 Å². The molecule has 1 nitrogen and oxygen atoms in total. The summed E-state index contributed by atoms with van der Waals surface area (Å²) in [5, 5.41) is 3.18. The zero-order valence-electron chi connectivity index (χ0n) is 10.4. The van der Waals surface area contributed by atoms with Crippen LogP contribution in [0.25, 0.3) is 11.1 Å². The molecule has 0 saturated carbocycles. The molecule has 2 aromatic rings. The van der Waals surface area contributed by atoms with Gasteiger partial charge in [0, 0.05) is 11.6 Å². The lowest BCUT2D eigenvalue weighted by Crippen LogP contribution is -2.11. The molecule has 1 N–H and O–H groups in total. The monoisotopic (exact) mass is 307 g/mol. The predicted molar refractivity (Wildman–Crippen MR) is 77.0 cm³/mol. The van der Waals surface area contributed by atoms with Gasteiger partial charge in [-0.25, -0.2) is 4.39 Å². The van der Waals surface area contributed by atoms with Crippen LogP contribution in [0.5, 0.6) is 0 Å². The van der Waals surface area contributed by atoms with Crippen LogP contribution in [-0.2, 0) is 0 Å². The maximum atomic E-state index is 14.0. The van der Waals surface area contributed by atoms with E-state index in [0.717, 1.165) is 5.56 Å². The molecule has 2 rings (SSSR count). The Morgan fingerprint density at radius 2 is 1.78 bits per heavy atom. The first kappa shape index (κ1) is 13.2. The molecule has 3 heteroatoms. The third-order valence-corrected chi connectivity index (χ3v) is 3.72. The topological polar surface area (TPSA) is 12.0 Å². The lowest BCUT2D eigenvalue weighted by Gasteiger charge is -2.11. The molecule has 1 unspecified atom stereocenters. The number of nitrogens with one attached hydrogen (secondary N) is 1. The number of hydrogen-bond donors (Lipinski definition) is 1. The number of hydrogen-bond acceptors (Lipinski definition) is 1. The Labute approximate surface area is 115 Å². The smallest absolute Gasteiger partial charge is 0.145 e. The van der Waals surface area contributed by atoms with Crippen LogP contribution in [0.2, 0.25) is 0 Å². The molecule has 0 amide bonds. The minimum atomic E-state index is -0.216. The van der Waals surface area contributed by atoms with Crippen molar-refractivity contribution in [1.29, 1.82) is 0 Å². The van der Waals surface area contributed by atoms with Crippen LogP contribution in [0.15, 0.2) is 46.9 Å². The van der Waals surface area contributed by atoms with E-state index >= 15 is 0 Å².